The Hall–Kier alpha value is -2.27. The molecule has 0 saturated carbocycles. The Morgan fingerprint density at radius 2 is 1.75 bits per heavy atom. The summed E-state index contributed by atoms with van der Waals surface area (Å²) in [5.74, 6) is 1.01. The number of hydrogen-bond donors (Lipinski definition) is 0. The predicted molar refractivity (Wildman–Crippen MR) is 108 cm³/mol. The molecule has 0 atom stereocenters. The lowest BCUT2D eigenvalue weighted by Gasteiger charge is -2.23. The summed E-state index contributed by atoms with van der Waals surface area (Å²) in [5.41, 5.74) is 1.12. The van der Waals surface area contributed by atoms with Crippen LogP contribution in [0, 0.1) is 5.82 Å². The van der Waals surface area contributed by atoms with Crippen molar-refractivity contribution in [2.24, 2.45) is 0 Å². The van der Waals surface area contributed by atoms with Crippen molar-refractivity contribution in [2.75, 3.05) is 0 Å². The average Bonchev–Trinajstić information content (AvgIpc) is 3.15. The second-order valence-electron chi connectivity index (χ2n) is 7.49. The SMILES string of the molecule is CC(C)(CCCc1cccc(Oc2ccc(F)cc2)c1)c1cc(C(F)F)cs1. The zero-order valence-corrected chi connectivity index (χ0v) is 16.7. The van der Waals surface area contributed by atoms with E-state index in [0.29, 0.717) is 11.5 Å². The van der Waals surface area contributed by atoms with Crippen LogP contribution in [0.2, 0.25) is 0 Å². The first-order chi connectivity index (χ1) is 13.3. The first-order valence-corrected chi connectivity index (χ1v) is 10.1. The van der Waals surface area contributed by atoms with Gasteiger partial charge in [0.15, 0.2) is 0 Å². The Labute approximate surface area is 167 Å². The van der Waals surface area contributed by atoms with Gasteiger partial charge in [-0.2, -0.15) is 0 Å². The van der Waals surface area contributed by atoms with Crippen molar-refractivity contribution < 1.29 is 17.9 Å². The molecule has 2 aromatic carbocycles. The van der Waals surface area contributed by atoms with Gasteiger partial charge in [-0.3, -0.25) is 0 Å². The van der Waals surface area contributed by atoms with Gasteiger partial charge in [-0.05, 0) is 78.1 Å². The molecule has 0 bridgehead atoms. The fourth-order valence-electron chi connectivity index (χ4n) is 3.08. The van der Waals surface area contributed by atoms with Crippen LogP contribution in [0.25, 0.3) is 0 Å². The van der Waals surface area contributed by atoms with Gasteiger partial charge in [-0.15, -0.1) is 11.3 Å². The summed E-state index contributed by atoms with van der Waals surface area (Å²) in [6.45, 7) is 4.20. The largest absolute Gasteiger partial charge is 0.457 e. The standard InChI is InChI=1S/C23H23F3OS/c1-23(2,21-14-17(15-28-21)22(25)26)12-4-6-16-5-3-7-20(13-16)27-19-10-8-18(24)9-11-19/h3,5,7-11,13-15,22H,4,6,12H2,1-2H3. The monoisotopic (exact) mass is 404 g/mol. The maximum atomic E-state index is 13.0. The van der Waals surface area contributed by atoms with Crippen molar-refractivity contribution in [3.05, 3.63) is 81.8 Å². The molecule has 0 unspecified atom stereocenters. The summed E-state index contributed by atoms with van der Waals surface area (Å²) in [6.07, 6.45) is 0.301. The maximum Gasteiger partial charge on any atom is 0.264 e. The first-order valence-electron chi connectivity index (χ1n) is 9.23. The molecule has 0 saturated heterocycles. The Bertz CT molecular complexity index is 900. The van der Waals surface area contributed by atoms with Crippen LogP contribution in [0.4, 0.5) is 13.2 Å². The van der Waals surface area contributed by atoms with Crippen LogP contribution in [0.1, 0.15) is 49.1 Å². The Balaban J connectivity index is 1.57. The third-order valence-electron chi connectivity index (χ3n) is 4.75. The highest BCUT2D eigenvalue weighted by Gasteiger charge is 2.23. The summed E-state index contributed by atoms with van der Waals surface area (Å²) < 4.78 is 44.4. The van der Waals surface area contributed by atoms with Gasteiger partial charge in [0.2, 0.25) is 0 Å². The molecule has 5 heteroatoms. The molecule has 0 aliphatic carbocycles. The summed E-state index contributed by atoms with van der Waals surface area (Å²) >= 11 is 1.41. The van der Waals surface area contributed by atoms with Gasteiger partial charge in [0, 0.05) is 10.4 Å². The van der Waals surface area contributed by atoms with Gasteiger partial charge in [0.25, 0.3) is 6.43 Å². The van der Waals surface area contributed by atoms with E-state index in [1.54, 1.807) is 23.6 Å². The van der Waals surface area contributed by atoms with Crippen molar-refractivity contribution in [2.45, 2.75) is 45.0 Å². The second-order valence-corrected chi connectivity index (χ2v) is 8.40. The maximum absolute atomic E-state index is 13.0. The molecule has 0 aliphatic heterocycles. The highest BCUT2D eigenvalue weighted by Crippen LogP contribution is 2.36. The molecule has 0 N–H and O–H groups in total. The summed E-state index contributed by atoms with van der Waals surface area (Å²) in [5, 5.41) is 1.55. The van der Waals surface area contributed by atoms with Crippen LogP contribution in [0.3, 0.4) is 0 Å². The highest BCUT2D eigenvalue weighted by atomic mass is 32.1. The van der Waals surface area contributed by atoms with Crippen molar-refractivity contribution in [3.8, 4) is 11.5 Å². The first kappa shape index (κ1) is 20.5. The minimum absolute atomic E-state index is 0.110. The smallest absolute Gasteiger partial charge is 0.264 e. The number of ether oxygens (including phenoxy) is 1. The van der Waals surface area contributed by atoms with E-state index in [1.165, 1.54) is 23.5 Å². The molecule has 28 heavy (non-hydrogen) atoms. The molecule has 1 aromatic heterocycles. The highest BCUT2D eigenvalue weighted by molar-refractivity contribution is 7.10. The Morgan fingerprint density at radius 1 is 1.00 bits per heavy atom. The second kappa shape index (κ2) is 8.82. The third-order valence-corrected chi connectivity index (χ3v) is 6.07. The number of aryl methyl sites for hydroxylation is 1. The molecule has 0 amide bonds. The third kappa shape index (κ3) is 5.38. The zero-order chi connectivity index (χ0) is 20.1. The van der Waals surface area contributed by atoms with Crippen LogP contribution < -0.4 is 4.74 Å². The van der Waals surface area contributed by atoms with Gasteiger partial charge in [0.05, 0.1) is 0 Å². The lowest BCUT2D eigenvalue weighted by molar-refractivity contribution is 0.152. The average molecular weight is 404 g/mol. The molecule has 3 aromatic rings. The molecule has 0 aliphatic rings. The molecule has 0 fully saturated rings. The predicted octanol–water partition coefficient (Wildman–Crippen LogP) is 7.92. The lowest BCUT2D eigenvalue weighted by atomic mass is 9.85. The number of halogens is 3. The Kier molecular flexibility index (Phi) is 6.45. The van der Waals surface area contributed by atoms with Crippen LogP contribution in [0.5, 0.6) is 11.5 Å². The van der Waals surface area contributed by atoms with Crippen molar-refractivity contribution >= 4 is 11.3 Å². The number of thiophene rings is 1. The van der Waals surface area contributed by atoms with Crippen LogP contribution in [0.15, 0.2) is 60.0 Å². The molecule has 0 spiro atoms. The van der Waals surface area contributed by atoms with Gasteiger partial charge in [0.1, 0.15) is 17.3 Å². The van der Waals surface area contributed by atoms with Gasteiger partial charge in [-0.25, -0.2) is 13.2 Å². The van der Waals surface area contributed by atoms with E-state index >= 15 is 0 Å². The van der Waals surface area contributed by atoms with Gasteiger partial charge >= 0.3 is 0 Å². The van der Waals surface area contributed by atoms with E-state index in [9.17, 15) is 13.2 Å². The summed E-state index contributed by atoms with van der Waals surface area (Å²) in [6, 6.07) is 15.4. The normalized spacial score (nSPS) is 11.8. The van der Waals surface area contributed by atoms with E-state index in [1.807, 2.05) is 24.3 Å². The topological polar surface area (TPSA) is 9.23 Å². The van der Waals surface area contributed by atoms with Crippen molar-refractivity contribution in [1.82, 2.24) is 0 Å². The lowest BCUT2D eigenvalue weighted by Crippen LogP contribution is -2.15. The number of rotatable bonds is 8. The minimum Gasteiger partial charge on any atom is -0.457 e. The van der Waals surface area contributed by atoms with Crippen LogP contribution in [-0.2, 0) is 11.8 Å². The van der Waals surface area contributed by atoms with E-state index in [2.05, 4.69) is 13.8 Å². The molecule has 1 nitrogen and oxygen atoms in total. The fourth-order valence-corrected chi connectivity index (χ4v) is 4.14. The zero-order valence-electron chi connectivity index (χ0n) is 15.9. The molecular weight excluding hydrogens is 381 g/mol. The summed E-state index contributed by atoms with van der Waals surface area (Å²) in [7, 11) is 0. The van der Waals surface area contributed by atoms with Gasteiger partial charge in [-0.1, -0.05) is 26.0 Å². The Morgan fingerprint density at radius 3 is 2.43 bits per heavy atom. The van der Waals surface area contributed by atoms with E-state index in [0.717, 1.165) is 29.7 Å². The van der Waals surface area contributed by atoms with Crippen LogP contribution >= 0.6 is 11.3 Å². The van der Waals surface area contributed by atoms with Crippen LogP contribution in [-0.4, -0.2) is 0 Å². The van der Waals surface area contributed by atoms with Crippen molar-refractivity contribution in [3.63, 3.8) is 0 Å². The number of alkyl halides is 2. The molecule has 148 valence electrons. The van der Waals surface area contributed by atoms with Gasteiger partial charge < -0.3 is 4.74 Å². The minimum atomic E-state index is -2.41. The van der Waals surface area contributed by atoms with Crippen molar-refractivity contribution in [1.29, 1.82) is 0 Å². The molecule has 0 radical (unpaired) electrons. The van der Waals surface area contributed by atoms with E-state index in [4.69, 9.17) is 4.74 Å². The molecule has 1 heterocycles. The molecule has 3 rings (SSSR count). The summed E-state index contributed by atoms with van der Waals surface area (Å²) in [4.78, 5) is 0.996. The van der Waals surface area contributed by atoms with E-state index in [-0.39, 0.29) is 16.8 Å². The molecular formula is C23H23F3OS. The quantitative estimate of drug-likeness (QED) is 0.370. The fraction of sp³-hybridized carbons (Fsp3) is 0.304. The number of benzene rings is 2. The number of hydrogen-bond acceptors (Lipinski definition) is 2. The van der Waals surface area contributed by atoms with E-state index < -0.39 is 6.43 Å².